The zero-order valence-corrected chi connectivity index (χ0v) is 17.9. The molecule has 0 fully saturated rings. The lowest BCUT2D eigenvalue weighted by atomic mass is 10.1. The van der Waals surface area contributed by atoms with Crippen LogP contribution >= 0.6 is 0 Å². The molecule has 2 N–H and O–H groups in total. The van der Waals surface area contributed by atoms with Gasteiger partial charge in [-0.3, -0.25) is 0 Å². The smallest absolute Gasteiger partial charge is 0.337 e. The van der Waals surface area contributed by atoms with Crippen molar-refractivity contribution in [2.75, 3.05) is 13.7 Å². The highest BCUT2D eigenvalue weighted by atomic mass is 16.5. The lowest BCUT2D eigenvalue weighted by Crippen LogP contribution is -2.17. The molecule has 2 aromatic carbocycles. The molecule has 1 heterocycles. The molecule has 0 unspecified atom stereocenters. The van der Waals surface area contributed by atoms with Crippen molar-refractivity contribution in [2.45, 2.75) is 39.8 Å². The van der Waals surface area contributed by atoms with Crippen molar-refractivity contribution >= 4 is 5.97 Å². The fourth-order valence-electron chi connectivity index (χ4n) is 3.91. The monoisotopic (exact) mass is 406 g/mol. The topological polar surface area (TPSA) is 63.5 Å². The molecule has 3 aromatic rings. The van der Waals surface area contributed by atoms with Crippen LogP contribution in [0, 0.1) is 13.8 Å². The second kappa shape index (κ2) is 10.1. The quantitative estimate of drug-likeness (QED) is 0.484. The molecule has 5 nitrogen and oxygen atoms in total. The maximum atomic E-state index is 12.0. The number of carboxylic acid groups (broad SMARTS) is 1. The molecule has 0 aliphatic carbocycles. The van der Waals surface area contributed by atoms with Gasteiger partial charge >= 0.3 is 5.97 Å². The molecule has 158 valence electrons. The highest BCUT2D eigenvalue weighted by Crippen LogP contribution is 2.25. The van der Waals surface area contributed by atoms with E-state index in [4.69, 9.17) is 4.74 Å². The van der Waals surface area contributed by atoms with Crippen molar-refractivity contribution in [1.29, 1.82) is 0 Å². The van der Waals surface area contributed by atoms with Crippen LogP contribution in [0.15, 0.2) is 54.6 Å². The van der Waals surface area contributed by atoms with Gasteiger partial charge in [0.2, 0.25) is 0 Å². The fourth-order valence-corrected chi connectivity index (χ4v) is 3.91. The lowest BCUT2D eigenvalue weighted by Gasteiger charge is -2.11. The number of carbonyl (C=O) groups is 1. The van der Waals surface area contributed by atoms with Crippen LogP contribution < -0.4 is 10.1 Å². The van der Waals surface area contributed by atoms with E-state index in [1.165, 1.54) is 5.56 Å². The summed E-state index contributed by atoms with van der Waals surface area (Å²) in [5.74, 6) is -0.0743. The van der Waals surface area contributed by atoms with Crippen LogP contribution in [0.25, 0.3) is 0 Å². The highest BCUT2D eigenvalue weighted by molar-refractivity contribution is 5.91. The molecule has 5 heteroatoms. The number of nitrogens with one attached hydrogen (secondary N) is 1. The minimum atomic E-state index is -0.874. The third-order valence-electron chi connectivity index (χ3n) is 5.56. The van der Waals surface area contributed by atoms with E-state index in [1.54, 1.807) is 7.11 Å². The summed E-state index contributed by atoms with van der Waals surface area (Å²) in [6.07, 6.45) is 2.02. The van der Waals surface area contributed by atoms with Gasteiger partial charge in [0.15, 0.2) is 0 Å². The molecule has 3 rings (SSSR count). The van der Waals surface area contributed by atoms with Gasteiger partial charge in [-0.2, -0.15) is 0 Å². The molecule has 30 heavy (non-hydrogen) atoms. The van der Waals surface area contributed by atoms with Crippen molar-refractivity contribution in [3.8, 4) is 5.75 Å². The molecule has 0 saturated carbocycles. The molecule has 1 aromatic heterocycles. The number of nitrogens with zero attached hydrogens (tertiary/aromatic N) is 1. The number of aromatic nitrogens is 1. The molecule has 0 aliphatic heterocycles. The Kier molecular flexibility index (Phi) is 7.31. The first-order chi connectivity index (χ1) is 14.5. The Morgan fingerprint density at radius 1 is 1.03 bits per heavy atom. The summed E-state index contributed by atoms with van der Waals surface area (Å²) in [6.45, 7) is 5.89. The van der Waals surface area contributed by atoms with Gasteiger partial charge in [-0.05, 0) is 56.5 Å². The van der Waals surface area contributed by atoms with E-state index in [-0.39, 0.29) is 0 Å². The summed E-state index contributed by atoms with van der Waals surface area (Å²) in [7, 11) is 1.65. The predicted molar refractivity (Wildman–Crippen MR) is 119 cm³/mol. The molecular formula is C25H30N2O3. The standard InChI is InChI=1S/C25H30N2O3/c1-18-23(16-26-14-8-12-20-9-5-4-6-10-20)24(25(28)29)19(2)27(18)17-21-11-7-13-22(15-21)30-3/h4-7,9-11,13,15,26H,8,12,14,16-17H2,1-3H3,(H,28,29). The minimum Gasteiger partial charge on any atom is -0.497 e. The van der Waals surface area contributed by atoms with E-state index < -0.39 is 5.97 Å². The minimum absolute atomic E-state index is 0.408. The van der Waals surface area contributed by atoms with Gasteiger partial charge in [-0.15, -0.1) is 0 Å². The van der Waals surface area contributed by atoms with E-state index in [2.05, 4.69) is 34.1 Å². The summed E-state index contributed by atoms with van der Waals surface area (Å²) in [6, 6.07) is 18.3. The summed E-state index contributed by atoms with van der Waals surface area (Å²) < 4.78 is 7.40. The summed E-state index contributed by atoms with van der Waals surface area (Å²) >= 11 is 0. The summed E-state index contributed by atoms with van der Waals surface area (Å²) in [4.78, 5) is 12.0. The number of aromatic carboxylic acids is 1. The van der Waals surface area contributed by atoms with Gasteiger partial charge < -0.3 is 19.7 Å². The Morgan fingerprint density at radius 3 is 2.47 bits per heavy atom. The summed E-state index contributed by atoms with van der Waals surface area (Å²) in [5, 5.41) is 13.3. The number of hydrogen-bond donors (Lipinski definition) is 2. The molecule has 0 saturated heterocycles. The number of aryl methyl sites for hydroxylation is 1. The van der Waals surface area contributed by atoms with Crippen molar-refractivity contribution in [2.24, 2.45) is 0 Å². The molecule has 0 radical (unpaired) electrons. The largest absolute Gasteiger partial charge is 0.497 e. The SMILES string of the molecule is COc1cccc(Cn2c(C)c(CNCCCc3ccccc3)c(C(=O)O)c2C)c1. The molecular weight excluding hydrogens is 376 g/mol. The van der Waals surface area contributed by atoms with Crippen LogP contribution in [-0.4, -0.2) is 29.3 Å². The Balaban J connectivity index is 1.70. The number of ether oxygens (including phenoxy) is 1. The first-order valence-electron chi connectivity index (χ1n) is 10.3. The van der Waals surface area contributed by atoms with Gasteiger partial charge in [0.1, 0.15) is 5.75 Å². The van der Waals surface area contributed by atoms with E-state index in [0.717, 1.165) is 47.7 Å². The number of benzene rings is 2. The molecule has 0 bridgehead atoms. The number of methoxy groups -OCH3 is 1. The van der Waals surface area contributed by atoms with Gasteiger partial charge in [0, 0.05) is 30.0 Å². The van der Waals surface area contributed by atoms with E-state index in [1.807, 2.05) is 44.2 Å². The molecule has 0 aliphatic rings. The summed E-state index contributed by atoms with van der Waals surface area (Å²) in [5.41, 5.74) is 5.44. The average molecular weight is 407 g/mol. The van der Waals surface area contributed by atoms with Crippen LogP contribution in [0.4, 0.5) is 0 Å². The zero-order valence-electron chi connectivity index (χ0n) is 17.9. The lowest BCUT2D eigenvalue weighted by molar-refractivity contribution is 0.0694. The Hall–Kier alpha value is -3.05. The molecule has 0 amide bonds. The van der Waals surface area contributed by atoms with Crippen LogP contribution in [-0.2, 0) is 19.5 Å². The van der Waals surface area contributed by atoms with Crippen LogP contribution in [0.2, 0.25) is 0 Å². The van der Waals surface area contributed by atoms with Crippen LogP contribution in [0.1, 0.15) is 44.9 Å². The maximum Gasteiger partial charge on any atom is 0.337 e. The van der Waals surface area contributed by atoms with E-state index >= 15 is 0 Å². The number of hydrogen-bond acceptors (Lipinski definition) is 3. The van der Waals surface area contributed by atoms with Gasteiger partial charge in [0.05, 0.1) is 12.7 Å². The van der Waals surface area contributed by atoms with E-state index in [9.17, 15) is 9.90 Å². The van der Waals surface area contributed by atoms with Crippen molar-refractivity contribution < 1.29 is 14.6 Å². The van der Waals surface area contributed by atoms with Crippen molar-refractivity contribution in [3.05, 3.63) is 88.2 Å². The zero-order chi connectivity index (χ0) is 21.5. The molecule has 0 atom stereocenters. The maximum absolute atomic E-state index is 12.0. The van der Waals surface area contributed by atoms with Crippen LogP contribution in [0.3, 0.4) is 0 Å². The second-order valence-corrected chi connectivity index (χ2v) is 7.53. The Morgan fingerprint density at radius 2 is 1.77 bits per heavy atom. The van der Waals surface area contributed by atoms with Gasteiger partial charge in [-0.25, -0.2) is 4.79 Å². The predicted octanol–water partition coefficient (Wildman–Crippen LogP) is 4.58. The Labute approximate surface area is 178 Å². The first-order valence-corrected chi connectivity index (χ1v) is 10.3. The Bertz CT molecular complexity index is 993. The highest BCUT2D eigenvalue weighted by Gasteiger charge is 2.22. The second-order valence-electron chi connectivity index (χ2n) is 7.53. The van der Waals surface area contributed by atoms with Gasteiger partial charge in [-0.1, -0.05) is 42.5 Å². The van der Waals surface area contributed by atoms with E-state index in [0.29, 0.717) is 18.7 Å². The number of carboxylic acids is 1. The average Bonchev–Trinajstić information content (AvgIpc) is 2.99. The van der Waals surface area contributed by atoms with Crippen molar-refractivity contribution in [1.82, 2.24) is 9.88 Å². The third kappa shape index (κ3) is 5.10. The number of rotatable bonds is 10. The van der Waals surface area contributed by atoms with Crippen LogP contribution in [0.5, 0.6) is 5.75 Å². The van der Waals surface area contributed by atoms with Crippen molar-refractivity contribution in [3.63, 3.8) is 0 Å². The first kappa shape index (κ1) is 21.7. The molecule has 0 spiro atoms. The fraction of sp³-hybridized carbons (Fsp3) is 0.320. The van der Waals surface area contributed by atoms with Gasteiger partial charge in [0.25, 0.3) is 0 Å². The normalized spacial score (nSPS) is 10.9. The third-order valence-corrected chi connectivity index (χ3v) is 5.56.